The molecule has 0 atom stereocenters. The smallest absolute Gasteiger partial charge is 0.870 e. The van der Waals surface area contributed by atoms with Gasteiger partial charge in [0.05, 0.1) is 0 Å². The van der Waals surface area contributed by atoms with Crippen LogP contribution in [0.5, 0.6) is 0 Å². The Hall–Kier alpha value is 0.956. The van der Waals surface area contributed by atoms with Crippen molar-refractivity contribution in [3.8, 4) is 12.0 Å². The van der Waals surface area contributed by atoms with E-state index in [1.807, 2.05) is 20.0 Å². The van der Waals surface area contributed by atoms with Crippen molar-refractivity contribution in [2.75, 3.05) is 0 Å². The minimum absolute atomic E-state index is 0. The molecule has 8 heavy (non-hydrogen) atoms. The van der Waals surface area contributed by atoms with E-state index in [1.54, 1.807) is 0 Å². The molecule has 0 saturated carbocycles. The molecular weight excluding hydrogens is 131 g/mol. The summed E-state index contributed by atoms with van der Waals surface area (Å²) in [5.74, 6) is 2.80. The van der Waals surface area contributed by atoms with Crippen LogP contribution in [0.4, 0.5) is 0 Å². The van der Waals surface area contributed by atoms with Crippen LogP contribution in [-0.2, 0) is 0 Å². The zero-order valence-electron chi connectivity index (χ0n) is 5.47. The zero-order chi connectivity index (χ0) is 4.99. The summed E-state index contributed by atoms with van der Waals surface area (Å²) >= 11 is 0. The van der Waals surface area contributed by atoms with E-state index < -0.39 is 0 Å². The SMILES string of the molecule is CC(C)C#CO.[K+].[OH-]. The number of hydrogen-bond donors (Lipinski definition) is 1. The molecule has 0 bridgehead atoms. The summed E-state index contributed by atoms with van der Waals surface area (Å²) in [6.45, 7) is 3.84. The van der Waals surface area contributed by atoms with Gasteiger partial charge in [-0.1, -0.05) is 19.8 Å². The van der Waals surface area contributed by atoms with E-state index in [-0.39, 0.29) is 62.8 Å². The van der Waals surface area contributed by atoms with Crippen LogP contribution in [0.15, 0.2) is 0 Å². The molecule has 42 valence electrons. The van der Waals surface area contributed by atoms with Gasteiger partial charge in [-0.3, -0.25) is 0 Å². The fourth-order valence-corrected chi connectivity index (χ4v) is 0.129. The number of rotatable bonds is 0. The van der Waals surface area contributed by atoms with Gasteiger partial charge in [0.15, 0.2) is 0 Å². The minimum Gasteiger partial charge on any atom is -0.870 e. The Morgan fingerprint density at radius 2 is 1.75 bits per heavy atom. The molecule has 0 amide bonds. The third-order valence-corrected chi connectivity index (χ3v) is 0.353. The van der Waals surface area contributed by atoms with Crippen LogP contribution in [0.1, 0.15) is 13.8 Å². The second-order valence-electron chi connectivity index (χ2n) is 1.41. The summed E-state index contributed by atoms with van der Waals surface area (Å²) in [5, 5.41) is 7.88. The molecule has 0 aromatic rings. The summed E-state index contributed by atoms with van der Waals surface area (Å²) in [4.78, 5) is 0. The molecule has 0 radical (unpaired) electrons. The third-order valence-electron chi connectivity index (χ3n) is 0.353. The van der Waals surface area contributed by atoms with Crippen molar-refractivity contribution in [2.45, 2.75) is 13.8 Å². The molecule has 0 unspecified atom stereocenters. The van der Waals surface area contributed by atoms with Gasteiger partial charge < -0.3 is 10.6 Å². The predicted molar refractivity (Wildman–Crippen MR) is 26.5 cm³/mol. The van der Waals surface area contributed by atoms with Gasteiger partial charge in [-0.05, 0) is 0 Å². The fourth-order valence-electron chi connectivity index (χ4n) is 0.129. The molecule has 2 nitrogen and oxygen atoms in total. The molecule has 2 N–H and O–H groups in total. The first kappa shape index (κ1) is 16.0. The van der Waals surface area contributed by atoms with E-state index in [0.29, 0.717) is 0 Å². The largest absolute Gasteiger partial charge is 1.00 e. The minimum atomic E-state index is 0. The fraction of sp³-hybridized carbons (Fsp3) is 0.600. The second kappa shape index (κ2) is 10.9. The van der Waals surface area contributed by atoms with Crippen LogP contribution in [0.2, 0.25) is 0 Å². The maximum absolute atomic E-state index is 7.88. The Morgan fingerprint density at radius 3 is 1.75 bits per heavy atom. The Bertz CT molecular complexity index is 80.2. The van der Waals surface area contributed by atoms with Crippen LogP contribution >= 0.6 is 0 Å². The van der Waals surface area contributed by atoms with E-state index in [1.165, 1.54) is 0 Å². The Morgan fingerprint density at radius 1 is 1.38 bits per heavy atom. The van der Waals surface area contributed by atoms with E-state index >= 15 is 0 Å². The first-order chi connectivity index (χ1) is 2.77. The normalized spacial score (nSPS) is 5.38. The molecule has 0 saturated heterocycles. The zero-order valence-corrected chi connectivity index (χ0v) is 8.59. The summed E-state index contributed by atoms with van der Waals surface area (Å²) in [6.07, 6.45) is 1.82. The van der Waals surface area contributed by atoms with Crippen molar-refractivity contribution in [3.05, 3.63) is 0 Å². The Labute approximate surface area is 92.4 Å². The van der Waals surface area contributed by atoms with Crippen LogP contribution in [0, 0.1) is 17.9 Å². The van der Waals surface area contributed by atoms with Crippen molar-refractivity contribution in [3.63, 3.8) is 0 Å². The molecule has 0 fully saturated rings. The number of aliphatic hydroxyl groups is 1. The van der Waals surface area contributed by atoms with Crippen LogP contribution in [0.25, 0.3) is 0 Å². The van der Waals surface area contributed by atoms with Crippen LogP contribution < -0.4 is 51.4 Å². The second-order valence-corrected chi connectivity index (χ2v) is 1.41. The molecular formula is C5H9KO2. The van der Waals surface area contributed by atoms with Gasteiger partial charge in [-0.25, -0.2) is 0 Å². The van der Waals surface area contributed by atoms with E-state index in [4.69, 9.17) is 5.11 Å². The van der Waals surface area contributed by atoms with Gasteiger partial charge in [-0.15, -0.1) is 0 Å². The summed E-state index contributed by atoms with van der Waals surface area (Å²) < 4.78 is 0. The average Bonchev–Trinajstić information content (AvgIpc) is 1.35. The molecule has 0 aliphatic rings. The topological polar surface area (TPSA) is 50.2 Å². The quantitative estimate of drug-likeness (QED) is 0.307. The molecule has 0 spiro atoms. The maximum atomic E-state index is 7.88. The number of aliphatic hydroxyl groups excluding tert-OH is 1. The first-order valence-corrected chi connectivity index (χ1v) is 1.92. The van der Waals surface area contributed by atoms with Crippen molar-refractivity contribution >= 4 is 0 Å². The molecule has 0 heterocycles. The van der Waals surface area contributed by atoms with Crippen molar-refractivity contribution in [1.29, 1.82) is 0 Å². The summed E-state index contributed by atoms with van der Waals surface area (Å²) in [6, 6.07) is 0. The third kappa shape index (κ3) is 15.8. The Kier molecular flexibility index (Phi) is 21.7. The van der Waals surface area contributed by atoms with Gasteiger partial charge >= 0.3 is 51.4 Å². The van der Waals surface area contributed by atoms with Crippen LogP contribution in [0.3, 0.4) is 0 Å². The molecule has 0 aromatic carbocycles. The number of hydrogen-bond acceptors (Lipinski definition) is 2. The summed E-state index contributed by atoms with van der Waals surface area (Å²) in [5.41, 5.74) is 0. The van der Waals surface area contributed by atoms with E-state index in [9.17, 15) is 0 Å². The van der Waals surface area contributed by atoms with Gasteiger partial charge in [0, 0.05) is 5.92 Å². The molecule has 0 aliphatic heterocycles. The first-order valence-electron chi connectivity index (χ1n) is 1.92. The van der Waals surface area contributed by atoms with Crippen molar-refractivity contribution in [1.82, 2.24) is 0 Å². The van der Waals surface area contributed by atoms with Gasteiger partial charge in [0.2, 0.25) is 0 Å². The summed E-state index contributed by atoms with van der Waals surface area (Å²) in [7, 11) is 0. The van der Waals surface area contributed by atoms with E-state index in [0.717, 1.165) is 0 Å². The van der Waals surface area contributed by atoms with Crippen molar-refractivity contribution in [2.24, 2.45) is 5.92 Å². The predicted octanol–water partition coefficient (Wildman–Crippen LogP) is -2.20. The van der Waals surface area contributed by atoms with E-state index in [2.05, 4.69) is 5.92 Å². The average molecular weight is 140 g/mol. The molecule has 3 heteroatoms. The van der Waals surface area contributed by atoms with Crippen LogP contribution in [-0.4, -0.2) is 10.6 Å². The Balaban J connectivity index is -0.000000125. The standard InChI is InChI=1S/C5H8O.K.H2O/c1-5(2)3-4-6;;/h5-6H,1-2H3;;1H2/q;+1;/p-1. The van der Waals surface area contributed by atoms with Gasteiger partial charge in [-0.2, -0.15) is 0 Å². The molecule has 0 rings (SSSR count). The van der Waals surface area contributed by atoms with Gasteiger partial charge in [0.1, 0.15) is 6.11 Å². The monoisotopic (exact) mass is 140 g/mol. The maximum Gasteiger partial charge on any atom is 1.00 e. The van der Waals surface area contributed by atoms with Crippen molar-refractivity contribution < 1.29 is 62.0 Å². The van der Waals surface area contributed by atoms with Gasteiger partial charge in [0.25, 0.3) is 0 Å². The molecule has 0 aromatic heterocycles. The molecule has 0 aliphatic carbocycles.